The summed E-state index contributed by atoms with van der Waals surface area (Å²) in [4.78, 5) is 0. The molecule has 0 aliphatic heterocycles. The zero-order valence-electron chi connectivity index (χ0n) is 8.67. The number of hydrogen-bond acceptors (Lipinski definition) is 1. The number of nitrogens with zero attached hydrogens (tertiary/aromatic N) is 1. The molecule has 1 saturated carbocycles. The molecule has 2 heteroatoms. The molecule has 0 heterocycles. The summed E-state index contributed by atoms with van der Waals surface area (Å²) in [5, 5.41) is 9.05. The van der Waals surface area contributed by atoms with Crippen LogP contribution in [0.5, 0.6) is 0 Å². The number of nitriles is 1. The fourth-order valence-electron chi connectivity index (χ4n) is 2.36. The lowest BCUT2D eigenvalue weighted by molar-refractivity contribution is 0.546. The van der Waals surface area contributed by atoms with Gasteiger partial charge in [0.1, 0.15) is 0 Å². The highest BCUT2D eigenvalue weighted by Gasteiger charge is 2.16. The fourth-order valence-corrected chi connectivity index (χ4v) is 2.72. The molecular weight excluding hydrogens is 250 g/mol. The maximum atomic E-state index is 9.05. The summed E-state index contributed by atoms with van der Waals surface area (Å²) in [7, 11) is 0. The van der Waals surface area contributed by atoms with Crippen LogP contribution in [0.15, 0.2) is 22.7 Å². The molecule has 1 nitrogen and oxygen atoms in total. The fraction of sp³-hybridized carbons (Fsp3) is 0.462. The predicted molar refractivity (Wildman–Crippen MR) is 64.5 cm³/mol. The Labute approximate surface area is 99.2 Å². The Morgan fingerprint density at radius 3 is 2.73 bits per heavy atom. The van der Waals surface area contributed by atoms with Crippen LogP contribution in [0.4, 0.5) is 0 Å². The van der Waals surface area contributed by atoms with Crippen LogP contribution in [0.1, 0.15) is 36.8 Å². The smallest absolute Gasteiger partial charge is 0.0994 e. The SMILES string of the molecule is N#Cc1cc(Br)ccc1CC1CCCC1. The van der Waals surface area contributed by atoms with E-state index in [9.17, 15) is 0 Å². The third kappa shape index (κ3) is 2.60. The molecule has 0 saturated heterocycles. The van der Waals surface area contributed by atoms with Crippen molar-refractivity contribution >= 4 is 15.9 Å². The van der Waals surface area contributed by atoms with Crippen molar-refractivity contribution in [1.29, 1.82) is 5.26 Å². The molecular formula is C13H14BrN. The first-order valence-corrected chi connectivity index (χ1v) is 6.27. The van der Waals surface area contributed by atoms with E-state index in [1.54, 1.807) is 0 Å². The summed E-state index contributed by atoms with van der Waals surface area (Å²) in [6.45, 7) is 0. The minimum Gasteiger partial charge on any atom is -0.192 e. The lowest BCUT2D eigenvalue weighted by atomic mass is 9.95. The Hall–Kier alpha value is -0.810. The molecule has 1 aromatic rings. The van der Waals surface area contributed by atoms with Gasteiger partial charge in [-0.2, -0.15) is 5.26 Å². The standard InChI is InChI=1S/C13H14BrN/c14-13-6-5-11(12(8-13)9-15)7-10-3-1-2-4-10/h5-6,8,10H,1-4,7H2. The van der Waals surface area contributed by atoms with Crippen molar-refractivity contribution < 1.29 is 0 Å². The van der Waals surface area contributed by atoms with Crippen molar-refractivity contribution in [2.75, 3.05) is 0 Å². The van der Waals surface area contributed by atoms with E-state index in [-0.39, 0.29) is 0 Å². The minimum atomic E-state index is 0.804. The maximum absolute atomic E-state index is 9.05. The van der Waals surface area contributed by atoms with Gasteiger partial charge in [0.25, 0.3) is 0 Å². The molecule has 2 rings (SSSR count). The first-order valence-electron chi connectivity index (χ1n) is 5.48. The van der Waals surface area contributed by atoms with Crippen molar-refractivity contribution in [3.8, 4) is 6.07 Å². The number of halogens is 1. The average Bonchev–Trinajstić information content (AvgIpc) is 2.73. The molecule has 15 heavy (non-hydrogen) atoms. The van der Waals surface area contributed by atoms with Gasteiger partial charge in [0, 0.05) is 4.47 Å². The topological polar surface area (TPSA) is 23.8 Å². The molecule has 1 aliphatic carbocycles. The number of hydrogen-bond donors (Lipinski definition) is 0. The Morgan fingerprint density at radius 2 is 2.07 bits per heavy atom. The highest BCUT2D eigenvalue weighted by Crippen LogP contribution is 2.29. The van der Waals surface area contributed by atoms with Crippen LogP contribution >= 0.6 is 15.9 Å². The first kappa shape index (κ1) is 10.7. The van der Waals surface area contributed by atoms with E-state index in [1.807, 2.05) is 12.1 Å². The lowest BCUT2D eigenvalue weighted by Crippen LogP contribution is -2.00. The minimum absolute atomic E-state index is 0.804. The van der Waals surface area contributed by atoms with E-state index in [0.717, 1.165) is 22.4 Å². The van der Waals surface area contributed by atoms with Gasteiger partial charge in [-0.05, 0) is 30.0 Å². The van der Waals surface area contributed by atoms with Crippen molar-refractivity contribution in [3.05, 3.63) is 33.8 Å². The summed E-state index contributed by atoms with van der Waals surface area (Å²) < 4.78 is 0.995. The van der Waals surface area contributed by atoms with Crippen molar-refractivity contribution in [2.45, 2.75) is 32.1 Å². The molecule has 0 spiro atoms. The van der Waals surface area contributed by atoms with Gasteiger partial charge in [-0.3, -0.25) is 0 Å². The number of benzene rings is 1. The van der Waals surface area contributed by atoms with Crippen LogP contribution in [0.2, 0.25) is 0 Å². The summed E-state index contributed by atoms with van der Waals surface area (Å²) >= 11 is 3.40. The first-order chi connectivity index (χ1) is 7.29. The van der Waals surface area contributed by atoms with Gasteiger partial charge in [-0.25, -0.2) is 0 Å². The van der Waals surface area contributed by atoms with Gasteiger partial charge in [0.15, 0.2) is 0 Å². The van der Waals surface area contributed by atoms with Crippen LogP contribution in [0.3, 0.4) is 0 Å². The van der Waals surface area contributed by atoms with Gasteiger partial charge >= 0.3 is 0 Å². The second-order valence-corrected chi connectivity index (χ2v) is 5.18. The summed E-state index contributed by atoms with van der Waals surface area (Å²) in [6, 6.07) is 8.32. The third-order valence-corrected chi connectivity index (χ3v) is 3.67. The number of rotatable bonds is 2. The van der Waals surface area contributed by atoms with Gasteiger partial charge < -0.3 is 0 Å². The molecule has 1 aliphatic rings. The average molecular weight is 264 g/mol. The molecule has 0 unspecified atom stereocenters. The van der Waals surface area contributed by atoms with Crippen LogP contribution < -0.4 is 0 Å². The van der Waals surface area contributed by atoms with E-state index < -0.39 is 0 Å². The van der Waals surface area contributed by atoms with Crippen molar-refractivity contribution in [1.82, 2.24) is 0 Å². The third-order valence-electron chi connectivity index (χ3n) is 3.18. The van der Waals surface area contributed by atoms with Gasteiger partial charge in [-0.1, -0.05) is 47.7 Å². The Kier molecular flexibility index (Phi) is 3.43. The second kappa shape index (κ2) is 4.81. The molecule has 0 atom stereocenters. The van der Waals surface area contributed by atoms with E-state index in [2.05, 4.69) is 28.1 Å². The van der Waals surface area contributed by atoms with Crippen LogP contribution in [-0.4, -0.2) is 0 Å². The van der Waals surface area contributed by atoms with Crippen molar-refractivity contribution in [3.63, 3.8) is 0 Å². The van der Waals surface area contributed by atoms with E-state index in [1.165, 1.54) is 31.2 Å². The van der Waals surface area contributed by atoms with Gasteiger partial charge in [0.05, 0.1) is 11.6 Å². The summed E-state index contributed by atoms with van der Waals surface area (Å²) in [5.41, 5.74) is 2.05. The molecule has 1 aromatic carbocycles. The zero-order valence-corrected chi connectivity index (χ0v) is 10.3. The molecule has 0 aromatic heterocycles. The summed E-state index contributed by atoms with van der Waals surface area (Å²) in [5.74, 6) is 0.804. The van der Waals surface area contributed by atoms with E-state index in [4.69, 9.17) is 5.26 Å². The molecule has 0 bridgehead atoms. The second-order valence-electron chi connectivity index (χ2n) is 4.27. The predicted octanol–water partition coefficient (Wildman–Crippen LogP) is 4.05. The molecule has 1 fully saturated rings. The Bertz CT molecular complexity index is 386. The largest absolute Gasteiger partial charge is 0.192 e. The van der Waals surface area contributed by atoms with E-state index >= 15 is 0 Å². The quantitative estimate of drug-likeness (QED) is 0.790. The monoisotopic (exact) mass is 263 g/mol. The molecule has 0 N–H and O–H groups in total. The van der Waals surface area contributed by atoms with Gasteiger partial charge in [-0.15, -0.1) is 0 Å². The Balaban J connectivity index is 2.16. The van der Waals surface area contributed by atoms with Crippen LogP contribution in [0.25, 0.3) is 0 Å². The highest BCUT2D eigenvalue weighted by molar-refractivity contribution is 9.10. The molecule has 0 radical (unpaired) electrons. The highest BCUT2D eigenvalue weighted by atomic mass is 79.9. The van der Waals surface area contributed by atoms with Crippen molar-refractivity contribution in [2.24, 2.45) is 5.92 Å². The zero-order chi connectivity index (χ0) is 10.7. The maximum Gasteiger partial charge on any atom is 0.0994 e. The van der Waals surface area contributed by atoms with Gasteiger partial charge in [0.2, 0.25) is 0 Å². The summed E-state index contributed by atoms with van der Waals surface area (Å²) in [6.07, 6.45) is 6.48. The van der Waals surface area contributed by atoms with Crippen LogP contribution in [-0.2, 0) is 6.42 Å². The molecule has 0 amide bonds. The van der Waals surface area contributed by atoms with E-state index in [0.29, 0.717) is 0 Å². The van der Waals surface area contributed by atoms with Crippen LogP contribution in [0, 0.1) is 17.2 Å². The normalized spacial score (nSPS) is 16.5. The lowest BCUT2D eigenvalue weighted by Gasteiger charge is -2.10. The Morgan fingerprint density at radius 1 is 1.33 bits per heavy atom. The molecule has 78 valence electrons.